The molecule has 2 aromatic heterocycles. The van der Waals surface area contributed by atoms with E-state index < -0.39 is 16.0 Å². The summed E-state index contributed by atoms with van der Waals surface area (Å²) in [6, 6.07) is 15.5. The summed E-state index contributed by atoms with van der Waals surface area (Å²) in [6.45, 7) is 0. The Bertz CT molecular complexity index is 1490. The van der Waals surface area contributed by atoms with Crippen LogP contribution in [0.3, 0.4) is 0 Å². The van der Waals surface area contributed by atoms with Crippen LogP contribution in [0.1, 0.15) is 54.2 Å². The fraction of sp³-hybridized carbons (Fsp3) is 0.240. The van der Waals surface area contributed by atoms with Crippen LogP contribution in [-0.2, 0) is 10.0 Å². The summed E-state index contributed by atoms with van der Waals surface area (Å²) >= 11 is 1.21. The van der Waals surface area contributed by atoms with Crippen molar-refractivity contribution in [2.45, 2.75) is 42.9 Å². The lowest BCUT2D eigenvalue weighted by Crippen LogP contribution is -2.12. The van der Waals surface area contributed by atoms with E-state index >= 15 is 0 Å². The normalized spacial score (nSPS) is 14.6. The van der Waals surface area contributed by atoms with E-state index in [2.05, 4.69) is 4.98 Å². The van der Waals surface area contributed by atoms with E-state index in [1.807, 2.05) is 30.3 Å². The molecule has 1 fully saturated rings. The number of thiazole rings is 1. The van der Waals surface area contributed by atoms with Crippen LogP contribution in [-0.4, -0.2) is 34.3 Å². The van der Waals surface area contributed by atoms with Gasteiger partial charge < -0.3 is 9.84 Å². The molecule has 0 bridgehead atoms. The molecule has 0 atom stereocenters. The third-order valence-electron chi connectivity index (χ3n) is 6.18. The predicted octanol–water partition coefficient (Wildman–Crippen LogP) is 5.18. The molecule has 0 amide bonds. The molecule has 11 heteroatoms. The molecule has 4 aromatic rings. The molecule has 0 unspecified atom stereocenters. The van der Waals surface area contributed by atoms with Crippen LogP contribution in [0.5, 0.6) is 11.5 Å². The quantitative estimate of drug-likeness (QED) is 0.340. The van der Waals surface area contributed by atoms with E-state index in [0.29, 0.717) is 22.3 Å². The van der Waals surface area contributed by atoms with Crippen molar-refractivity contribution in [1.82, 2.24) is 14.8 Å². The van der Waals surface area contributed by atoms with Gasteiger partial charge in [-0.25, -0.2) is 28.0 Å². The smallest absolute Gasteiger partial charge is 0.355 e. The van der Waals surface area contributed by atoms with Crippen molar-refractivity contribution >= 4 is 27.3 Å². The highest BCUT2D eigenvalue weighted by Crippen LogP contribution is 2.45. The van der Waals surface area contributed by atoms with Gasteiger partial charge in [-0.05, 0) is 37.1 Å². The van der Waals surface area contributed by atoms with Gasteiger partial charge in [-0.1, -0.05) is 49.6 Å². The third-order valence-corrected chi connectivity index (χ3v) is 7.92. The second-order valence-electron chi connectivity index (χ2n) is 8.61. The zero-order chi connectivity index (χ0) is 25.3. The van der Waals surface area contributed by atoms with Gasteiger partial charge in [0, 0.05) is 16.9 Å². The summed E-state index contributed by atoms with van der Waals surface area (Å²) in [7, 11) is -3.83. The largest absolute Gasteiger partial charge is 0.476 e. The highest BCUT2D eigenvalue weighted by atomic mass is 32.2. The summed E-state index contributed by atoms with van der Waals surface area (Å²) < 4.78 is 31.5. The highest BCUT2D eigenvalue weighted by molar-refractivity contribution is 7.89. The number of carboxylic acids is 1. The maximum atomic E-state index is 11.7. The van der Waals surface area contributed by atoms with Gasteiger partial charge in [0.15, 0.2) is 11.4 Å². The fourth-order valence-electron chi connectivity index (χ4n) is 4.46. The Kier molecular flexibility index (Phi) is 6.61. The number of hydrogen-bond acceptors (Lipinski definition) is 7. The molecule has 1 saturated carbocycles. The highest BCUT2D eigenvalue weighted by Gasteiger charge is 2.31. The number of sulfonamides is 1. The standard InChI is InChI=1S/C25H24N4O5S2/c26-36(32,33)19-13-11-18(12-14-19)34-23-21(16-7-3-1-4-8-16)28-29(22(23)17-9-5-2-6-10-17)25-27-20(15-35-25)24(30)31/h1,3-4,7-8,11-15,17H,2,5-6,9-10H2,(H,30,31)(H2,26,32,33). The van der Waals surface area contributed by atoms with Crippen LogP contribution in [0.15, 0.2) is 64.9 Å². The van der Waals surface area contributed by atoms with Crippen molar-refractivity contribution < 1.29 is 23.1 Å². The Morgan fingerprint density at radius 3 is 2.36 bits per heavy atom. The number of ether oxygens (including phenoxy) is 1. The van der Waals surface area contributed by atoms with Gasteiger partial charge in [-0.15, -0.1) is 11.3 Å². The van der Waals surface area contributed by atoms with Crippen molar-refractivity contribution in [3.8, 4) is 27.9 Å². The number of aromatic nitrogens is 3. The summed E-state index contributed by atoms with van der Waals surface area (Å²) in [5.74, 6) is 0.0169. The lowest BCUT2D eigenvalue weighted by Gasteiger charge is -2.23. The monoisotopic (exact) mass is 524 g/mol. The number of hydrogen-bond donors (Lipinski definition) is 2. The molecule has 0 spiro atoms. The van der Waals surface area contributed by atoms with Gasteiger partial charge in [-0.2, -0.15) is 5.10 Å². The molecule has 1 aliphatic carbocycles. The molecular weight excluding hydrogens is 500 g/mol. The summed E-state index contributed by atoms with van der Waals surface area (Å²) in [5, 5.41) is 21.5. The molecule has 0 aliphatic heterocycles. The Hall–Kier alpha value is -3.54. The number of primary sulfonamides is 1. The molecule has 3 N–H and O–H groups in total. The van der Waals surface area contributed by atoms with Gasteiger partial charge in [-0.3, -0.25) is 0 Å². The van der Waals surface area contributed by atoms with Crippen LogP contribution in [0.4, 0.5) is 0 Å². The number of nitrogens with two attached hydrogens (primary N) is 1. The second-order valence-corrected chi connectivity index (χ2v) is 11.0. The molecule has 0 saturated heterocycles. The SMILES string of the molecule is NS(=O)(=O)c1ccc(Oc2c(-c3ccccc3)nn(-c3nc(C(=O)O)cs3)c2C2CCCCC2)cc1. The fourth-order valence-corrected chi connectivity index (χ4v) is 5.73. The topological polar surface area (TPSA) is 137 Å². The number of carboxylic acid groups (broad SMARTS) is 1. The van der Waals surface area contributed by atoms with Crippen LogP contribution in [0.25, 0.3) is 16.4 Å². The average molecular weight is 525 g/mol. The van der Waals surface area contributed by atoms with Crippen molar-refractivity contribution in [2.24, 2.45) is 5.14 Å². The summed E-state index contributed by atoms with van der Waals surface area (Å²) in [4.78, 5) is 15.8. The molecular formula is C25H24N4O5S2. The van der Waals surface area contributed by atoms with Crippen LogP contribution < -0.4 is 9.88 Å². The number of nitrogens with zero attached hydrogens (tertiary/aromatic N) is 3. The Morgan fingerprint density at radius 1 is 1.06 bits per heavy atom. The molecule has 9 nitrogen and oxygen atoms in total. The van der Waals surface area contributed by atoms with Gasteiger partial charge in [0.05, 0.1) is 10.6 Å². The van der Waals surface area contributed by atoms with Gasteiger partial charge >= 0.3 is 5.97 Å². The Labute approximate surface area is 212 Å². The minimum Gasteiger partial charge on any atom is -0.476 e. The number of aromatic carboxylic acids is 1. The van der Waals surface area contributed by atoms with Crippen LogP contribution in [0, 0.1) is 0 Å². The van der Waals surface area contributed by atoms with Crippen LogP contribution >= 0.6 is 11.3 Å². The maximum Gasteiger partial charge on any atom is 0.355 e. The first-order valence-corrected chi connectivity index (χ1v) is 13.9. The van der Waals surface area contributed by atoms with Gasteiger partial charge in [0.2, 0.25) is 15.2 Å². The molecule has 36 heavy (non-hydrogen) atoms. The van der Waals surface area contributed by atoms with Crippen molar-refractivity contribution in [3.05, 3.63) is 71.4 Å². The van der Waals surface area contributed by atoms with Crippen molar-refractivity contribution in [2.75, 3.05) is 0 Å². The number of carbonyl (C=O) groups is 1. The maximum absolute atomic E-state index is 11.7. The lowest BCUT2D eigenvalue weighted by atomic mass is 9.86. The predicted molar refractivity (Wildman–Crippen MR) is 135 cm³/mol. The van der Waals surface area contributed by atoms with E-state index in [1.165, 1.54) is 28.8 Å². The van der Waals surface area contributed by atoms with E-state index in [-0.39, 0.29) is 16.5 Å². The average Bonchev–Trinajstić information content (AvgIpc) is 3.51. The van der Waals surface area contributed by atoms with Crippen LogP contribution in [0.2, 0.25) is 0 Å². The molecule has 2 heterocycles. The van der Waals surface area contributed by atoms with E-state index in [0.717, 1.165) is 43.4 Å². The molecule has 0 radical (unpaired) electrons. The van der Waals surface area contributed by atoms with Gasteiger partial charge in [0.25, 0.3) is 0 Å². The van der Waals surface area contributed by atoms with E-state index in [1.54, 1.807) is 16.8 Å². The Morgan fingerprint density at radius 2 is 1.75 bits per heavy atom. The molecule has 5 rings (SSSR count). The minimum absolute atomic E-state index is 0.00897. The third kappa shape index (κ3) is 4.90. The summed E-state index contributed by atoms with van der Waals surface area (Å²) in [5.41, 5.74) is 2.22. The van der Waals surface area contributed by atoms with E-state index in [4.69, 9.17) is 15.0 Å². The minimum atomic E-state index is -3.83. The Balaban J connectivity index is 1.68. The second kappa shape index (κ2) is 9.84. The van der Waals surface area contributed by atoms with Crippen molar-refractivity contribution in [3.63, 3.8) is 0 Å². The zero-order valence-corrected chi connectivity index (χ0v) is 20.8. The summed E-state index contributed by atoms with van der Waals surface area (Å²) in [6.07, 6.45) is 5.17. The van der Waals surface area contributed by atoms with Crippen molar-refractivity contribution in [1.29, 1.82) is 0 Å². The number of benzene rings is 2. The first-order chi connectivity index (χ1) is 17.3. The molecule has 2 aromatic carbocycles. The molecule has 186 valence electrons. The number of rotatable bonds is 7. The van der Waals surface area contributed by atoms with Gasteiger partial charge in [0.1, 0.15) is 11.4 Å². The zero-order valence-electron chi connectivity index (χ0n) is 19.2. The van der Waals surface area contributed by atoms with E-state index in [9.17, 15) is 18.3 Å². The molecule has 1 aliphatic rings. The lowest BCUT2D eigenvalue weighted by molar-refractivity contribution is 0.0691. The first-order valence-electron chi connectivity index (χ1n) is 11.5. The first kappa shape index (κ1) is 24.2.